The number of anilines is 1. The Labute approximate surface area is 227 Å². The Morgan fingerprint density at radius 1 is 0.949 bits per heavy atom. The van der Waals surface area contributed by atoms with Gasteiger partial charge in [0.05, 0.1) is 11.9 Å². The molecule has 4 aromatic rings. The molecule has 39 heavy (non-hydrogen) atoms. The van der Waals surface area contributed by atoms with Crippen LogP contribution in [0.15, 0.2) is 73.1 Å². The summed E-state index contributed by atoms with van der Waals surface area (Å²) in [5, 5.41) is 7.61. The Bertz CT molecular complexity index is 1580. The van der Waals surface area contributed by atoms with Crippen LogP contribution >= 0.6 is 0 Å². The number of fused-ring (bicyclic) bond motifs is 1. The maximum Gasteiger partial charge on any atom is 0.270 e. The Morgan fingerprint density at radius 3 is 2.28 bits per heavy atom. The smallest absolute Gasteiger partial charge is 0.270 e. The summed E-state index contributed by atoms with van der Waals surface area (Å²) in [5.74, 6) is -0.457. The first-order chi connectivity index (χ1) is 18.9. The molecular formula is C28H30N6O4S. The van der Waals surface area contributed by atoms with Gasteiger partial charge in [-0.1, -0.05) is 60.7 Å². The topological polar surface area (TPSA) is 126 Å². The minimum Gasteiger partial charge on any atom is -0.365 e. The van der Waals surface area contributed by atoms with E-state index in [1.807, 2.05) is 58.2 Å². The van der Waals surface area contributed by atoms with Crippen molar-refractivity contribution in [3.8, 4) is 0 Å². The second-order valence-electron chi connectivity index (χ2n) is 9.47. The van der Waals surface area contributed by atoms with E-state index in [0.717, 1.165) is 18.4 Å². The molecule has 1 aliphatic heterocycles. The summed E-state index contributed by atoms with van der Waals surface area (Å²) < 4.78 is 27.3. The number of carbonyl (C=O) groups excluding carboxylic acids is 2. The Kier molecular flexibility index (Phi) is 7.60. The van der Waals surface area contributed by atoms with Crippen LogP contribution in [0.25, 0.3) is 5.65 Å². The molecule has 2 N–H and O–H groups in total. The first-order valence-corrected chi connectivity index (χ1v) is 14.5. The van der Waals surface area contributed by atoms with Crippen molar-refractivity contribution in [1.29, 1.82) is 0 Å². The number of aromatic nitrogens is 3. The fourth-order valence-electron chi connectivity index (χ4n) is 4.78. The van der Waals surface area contributed by atoms with Crippen LogP contribution in [-0.4, -0.2) is 58.6 Å². The van der Waals surface area contributed by atoms with Crippen LogP contribution in [0.3, 0.4) is 0 Å². The normalized spacial score (nSPS) is 14.3. The van der Waals surface area contributed by atoms with E-state index in [9.17, 15) is 18.0 Å². The molecule has 0 aliphatic carbocycles. The number of hydrogen-bond acceptors (Lipinski definition) is 7. The van der Waals surface area contributed by atoms with Crippen molar-refractivity contribution >= 4 is 33.3 Å². The van der Waals surface area contributed by atoms with Crippen molar-refractivity contribution in [3.05, 3.63) is 95.3 Å². The standard InChI is InChI=1S/C28H30N6O4S/c1-2-39(37,38)32-27(35)23-19-31-34-25(23)30-18-24(26(34)29-17-20-9-5-3-6-10-20)28(36)33-15-13-22(14-16-33)21-11-7-4-8-12-21/h3-12,18-19,22,29H,2,13-17H2,1H3,(H,32,35). The summed E-state index contributed by atoms with van der Waals surface area (Å²) in [5.41, 5.74) is 2.74. The van der Waals surface area contributed by atoms with E-state index in [4.69, 9.17) is 0 Å². The van der Waals surface area contributed by atoms with E-state index < -0.39 is 15.9 Å². The summed E-state index contributed by atoms with van der Waals surface area (Å²) in [7, 11) is -3.77. The number of carbonyl (C=O) groups is 2. The molecule has 0 spiro atoms. The number of nitrogens with one attached hydrogen (secondary N) is 2. The highest BCUT2D eigenvalue weighted by Gasteiger charge is 2.28. The highest BCUT2D eigenvalue weighted by molar-refractivity contribution is 7.90. The van der Waals surface area contributed by atoms with Gasteiger partial charge in [-0.15, -0.1) is 0 Å². The third-order valence-corrected chi connectivity index (χ3v) is 8.24. The molecule has 10 nitrogen and oxygen atoms in total. The van der Waals surface area contributed by atoms with Gasteiger partial charge >= 0.3 is 0 Å². The van der Waals surface area contributed by atoms with Crippen LogP contribution in [0.2, 0.25) is 0 Å². The van der Waals surface area contributed by atoms with Crippen molar-refractivity contribution < 1.29 is 18.0 Å². The summed E-state index contributed by atoms with van der Waals surface area (Å²) in [6.07, 6.45) is 4.41. The average Bonchev–Trinajstić information content (AvgIpc) is 3.41. The van der Waals surface area contributed by atoms with Crippen LogP contribution in [0.4, 0.5) is 5.82 Å². The number of rotatable bonds is 8. The van der Waals surface area contributed by atoms with Gasteiger partial charge in [0.25, 0.3) is 11.8 Å². The molecule has 2 aromatic heterocycles. The summed E-state index contributed by atoms with van der Waals surface area (Å²) >= 11 is 0. The molecule has 0 unspecified atom stereocenters. The lowest BCUT2D eigenvalue weighted by Gasteiger charge is -2.32. The number of amides is 2. The number of hydrogen-bond donors (Lipinski definition) is 2. The summed E-state index contributed by atoms with van der Waals surface area (Å²) in [4.78, 5) is 32.6. The zero-order chi connectivity index (χ0) is 27.4. The number of sulfonamides is 1. The molecule has 0 radical (unpaired) electrons. The zero-order valence-corrected chi connectivity index (χ0v) is 22.4. The molecule has 3 heterocycles. The SMILES string of the molecule is CCS(=O)(=O)NC(=O)c1cnn2c(NCc3ccccc3)c(C(=O)N3CCC(c4ccccc4)CC3)cnc12. The van der Waals surface area contributed by atoms with Crippen molar-refractivity contribution in [2.45, 2.75) is 32.2 Å². The van der Waals surface area contributed by atoms with Gasteiger partial charge in [-0.25, -0.2) is 18.1 Å². The first kappa shape index (κ1) is 26.4. The van der Waals surface area contributed by atoms with Crippen molar-refractivity contribution in [2.75, 3.05) is 24.2 Å². The zero-order valence-electron chi connectivity index (χ0n) is 21.6. The maximum atomic E-state index is 13.7. The third kappa shape index (κ3) is 5.78. The number of piperidine rings is 1. The molecule has 1 aliphatic rings. The molecule has 2 aromatic carbocycles. The second-order valence-corrected chi connectivity index (χ2v) is 11.5. The maximum absolute atomic E-state index is 13.7. The summed E-state index contributed by atoms with van der Waals surface area (Å²) in [6, 6.07) is 20.0. The van der Waals surface area contributed by atoms with Gasteiger partial charge in [0.1, 0.15) is 16.9 Å². The van der Waals surface area contributed by atoms with Gasteiger partial charge < -0.3 is 10.2 Å². The monoisotopic (exact) mass is 546 g/mol. The average molecular weight is 547 g/mol. The van der Waals surface area contributed by atoms with Crippen molar-refractivity contribution in [3.63, 3.8) is 0 Å². The predicted octanol–water partition coefficient (Wildman–Crippen LogP) is 3.44. The van der Waals surface area contributed by atoms with E-state index in [1.165, 1.54) is 29.4 Å². The molecule has 1 saturated heterocycles. The number of likely N-dealkylation sites (tertiary alicyclic amines) is 1. The lowest BCUT2D eigenvalue weighted by molar-refractivity contribution is 0.0712. The summed E-state index contributed by atoms with van der Waals surface area (Å²) in [6.45, 7) is 3.06. The van der Waals surface area contributed by atoms with Crippen LogP contribution in [0, 0.1) is 0 Å². The van der Waals surface area contributed by atoms with E-state index in [-0.39, 0.29) is 22.9 Å². The minimum atomic E-state index is -3.77. The van der Waals surface area contributed by atoms with Gasteiger partial charge in [-0.3, -0.25) is 9.59 Å². The highest BCUT2D eigenvalue weighted by atomic mass is 32.2. The fraction of sp³-hybridized carbons (Fsp3) is 0.286. The van der Waals surface area contributed by atoms with Crippen LogP contribution in [-0.2, 0) is 16.6 Å². The molecule has 0 atom stereocenters. The molecule has 0 bridgehead atoms. The van der Waals surface area contributed by atoms with Crippen LogP contribution in [0.5, 0.6) is 0 Å². The van der Waals surface area contributed by atoms with E-state index in [0.29, 0.717) is 36.9 Å². The largest absolute Gasteiger partial charge is 0.365 e. The second kappa shape index (κ2) is 11.2. The van der Waals surface area contributed by atoms with Gasteiger partial charge in [-0.05, 0) is 36.8 Å². The number of nitrogens with zero attached hydrogens (tertiary/aromatic N) is 4. The van der Waals surface area contributed by atoms with Crippen LogP contribution < -0.4 is 10.0 Å². The molecule has 5 rings (SSSR count). The molecule has 2 amide bonds. The Hall–Kier alpha value is -4.25. The van der Waals surface area contributed by atoms with E-state index in [2.05, 4.69) is 27.5 Å². The number of benzene rings is 2. The van der Waals surface area contributed by atoms with Gasteiger partial charge in [-0.2, -0.15) is 9.61 Å². The van der Waals surface area contributed by atoms with Gasteiger partial charge in [0, 0.05) is 25.8 Å². The quantitative estimate of drug-likeness (QED) is 0.347. The molecule has 202 valence electrons. The molecular weight excluding hydrogens is 516 g/mol. The highest BCUT2D eigenvalue weighted by Crippen LogP contribution is 2.29. The Morgan fingerprint density at radius 2 is 1.62 bits per heavy atom. The van der Waals surface area contributed by atoms with Crippen molar-refractivity contribution in [2.24, 2.45) is 0 Å². The van der Waals surface area contributed by atoms with Gasteiger partial charge in [0.2, 0.25) is 10.0 Å². The predicted molar refractivity (Wildman–Crippen MR) is 148 cm³/mol. The van der Waals surface area contributed by atoms with Crippen molar-refractivity contribution in [1.82, 2.24) is 24.2 Å². The lowest BCUT2D eigenvalue weighted by Crippen LogP contribution is -2.38. The van der Waals surface area contributed by atoms with E-state index >= 15 is 0 Å². The Balaban J connectivity index is 1.44. The molecule has 11 heteroatoms. The first-order valence-electron chi connectivity index (χ1n) is 12.9. The minimum absolute atomic E-state index is 0.00235. The lowest BCUT2D eigenvalue weighted by atomic mass is 9.89. The third-order valence-electron chi connectivity index (χ3n) is 6.99. The van der Waals surface area contributed by atoms with E-state index in [1.54, 1.807) is 0 Å². The fourth-order valence-corrected chi connectivity index (χ4v) is 5.32. The molecule has 0 saturated carbocycles. The van der Waals surface area contributed by atoms with Gasteiger partial charge in [0.15, 0.2) is 5.65 Å². The van der Waals surface area contributed by atoms with Crippen LogP contribution in [0.1, 0.15) is 57.5 Å². The molecule has 1 fully saturated rings.